The number of piperidine rings is 1. The van der Waals surface area contributed by atoms with Crippen LogP contribution in [0.2, 0.25) is 0 Å². The van der Waals surface area contributed by atoms with Gasteiger partial charge in [0, 0.05) is 25.2 Å². The van der Waals surface area contributed by atoms with Crippen molar-refractivity contribution in [1.82, 2.24) is 20.2 Å². The molecule has 6 heteroatoms. The van der Waals surface area contributed by atoms with Gasteiger partial charge in [-0.3, -0.25) is 10.1 Å². The SMILES string of the molecule is Cc1ncccc1N1CCC(c2nc(-c3ccccc3F)n[nH]2)CC1. The van der Waals surface area contributed by atoms with Gasteiger partial charge in [0.15, 0.2) is 5.82 Å². The first kappa shape index (κ1) is 15.7. The molecule has 25 heavy (non-hydrogen) atoms. The normalized spacial score (nSPS) is 15.5. The molecule has 1 saturated heterocycles. The summed E-state index contributed by atoms with van der Waals surface area (Å²) in [5.74, 6) is 1.30. The fourth-order valence-corrected chi connectivity index (χ4v) is 3.42. The van der Waals surface area contributed by atoms with Crippen LogP contribution in [-0.4, -0.2) is 33.3 Å². The van der Waals surface area contributed by atoms with Gasteiger partial charge in [-0.15, -0.1) is 0 Å². The average Bonchev–Trinajstić information content (AvgIpc) is 3.13. The summed E-state index contributed by atoms with van der Waals surface area (Å²) in [5, 5.41) is 7.22. The number of nitrogens with zero attached hydrogens (tertiary/aromatic N) is 4. The van der Waals surface area contributed by atoms with Crippen molar-refractivity contribution in [1.29, 1.82) is 0 Å². The minimum atomic E-state index is -0.296. The summed E-state index contributed by atoms with van der Waals surface area (Å²) in [5.41, 5.74) is 2.70. The minimum Gasteiger partial charge on any atom is -0.370 e. The maximum Gasteiger partial charge on any atom is 0.184 e. The maximum atomic E-state index is 13.9. The molecule has 1 aliphatic heterocycles. The molecule has 0 bridgehead atoms. The van der Waals surface area contributed by atoms with Gasteiger partial charge in [0.05, 0.1) is 16.9 Å². The number of hydrogen-bond acceptors (Lipinski definition) is 4. The average molecular weight is 337 g/mol. The third-order valence-electron chi connectivity index (χ3n) is 4.82. The lowest BCUT2D eigenvalue weighted by Gasteiger charge is -2.33. The van der Waals surface area contributed by atoms with E-state index in [9.17, 15) is 4.39 Å². The maximum absolute atomic E-state index is 13.9. The van der Waals surface area contributed by atoms with Crippen LogP contribution in [0.5, 0.6) is 0 Å². The number of aryl methyl sites for hydroxylation is 1. The Balaban J connectivity index is 1.47. The van der Waals surface area contributed by atoms with Crippen LogP contribution in [0.4, 0.5) is 10.1 Å². The van der Waals surface area contributed by atoms with Gasteiger partial charge in [-0.05, 0) is 44.0 Å². The summed E-state index contributed by atoms with van der Waals surface area (Å²) < 4.78 is 13.9. The number of H-pyrrole nitrogens is 1. The van der Waals surface area contributed by atoms with Gasteiger partial charge in [-0.1, -0.05) is 12.1 Å². The van der Waals surface area contributed by atoms with Gasteiger partial charge in [0.1, 0.15) is 11.6 Å². The van der Waals surface area contributed by atoms with Crippen molar-refractivity contribution >= 4 is 5.69 Å². The molecule has 0 amide bonds. The molecule has 0 spiro atoms. The summed E-state index contributed by atoms with van der Waals surface area (Å²) >= 11 is 0. The molecule has 1 N–H and O–H groups in total. The van der Waals surface area contributed by atoms with Crippen LogP contribution >= 0.6 is 0 Å². The van der Waals surface area contributed by atoms with Gasteiger partial charge in [0.25, 0.3) is 0 Å². The highest BCUT2D eigenvalue weighted by Crippen LogP contribution is 2.30. The Bertz CT molecular complexity index is 868. The zero-order valence-corrected chi connectivity index (χ0v) is 14.1. The predicted molar refractivity (Wildman–Crippen MR) is 94.9 cm³/mol. The van der Waals surface area contributed by atoms with Crippen molar-refractivity contribution in [2.75, 3.05) is 18.0 Å². The van der Waals surface area contributed by atoms with E-state index in [1.165, 1.54) is 11.8 Å². The highest BCUT2D eigenvalue weighted by molar-refractivity contribution is 5.55. The molecule has 0 saturated carbocycles. The lowest BCUT2D eigenvalue weighted by Crippen LogP contribution is -2.33. The third kappa shape index (κ3) is 3.12. The monoisotopic (exact) mass is 337 g/mol. The lowest BCUT2D eigenvalue weighted by molar-refractivity contribution is 0.486. The zero-order chi connectivity index (χ0) is 17.2. The standard InChI is InChI=1S/C19H20FN5/c1-13-17(7-4-10-21-13)25-11-8-14(9-12-25)18-22-19(24-23-18)15-5-2-3-6-16(15)20/h2-7,10,14H,8-9,11-12H2,1H3,(H,22,23,24). The van der Waals surface area contributed by atoms with E-state index >= 15 is 0 Å². The van der Waals surface area contributed by atoms with Crippen LogP contribution in [-0.2, 0) is 0 Å². The van der Waals surface area contributed by atoms with Gasteiger partial charge < -0.3 is 4.90 Å². The van der Waals surface area contributed by atoms with E-state index in [0.29, 0.717) is 17.3 Å². The number of aromatic amines is 1. The Morgan fingerprint density at radius 2 is 1.92 bits per heavy atom. The van der Waals surface area contributed by atoms with E-state index in [4.69, 9.17) is 0 Å². The quantitative estimate of drug-likeness (QED) is 0.792. The molecule has 0 radical (unpaired) electrons. The predicted octanol–water partition coefficient (Wildman–Crippen LogP) is 3.70. The highest BCUT2D eigenvalue weighted by Gasteiger charge is 2.24. The second-order valence-electron chi connectivity index (χ2n) is 6.39. The Labute approximate surface area is 145 Å². The van der Waals surface area contributed by atoms with Crippen molar-refractivity contribution in [3.63, 3.8) is 0 Å². The molecule has 0 unspecified atom stereocenters. The van der Waals surface area contributed by atoms with E-state index in [1.54, 1.807) is 18.2 Å². The molecule has 1 aliphatic rings. The molecule has 1 aromatic carbocycles. The van der Waals surface area contributed by atoms with E-state index in [1.807, 2.05) is 19.2 Å². The molecular weight excluding hydrogens is 317 g/mol. The molecule has 5 nitrogen and oxygen atoms in total. The lowest BCUT2D eigenvalue weighted by atomic mass is 9.95. The number of anilines is 1. The van der Waals surface area contributed by atoms with Crippen molar-refractivity contribution < 1.29 is 4.39 Å². The fraction of sp³-hybridized carbons (Fsp3) is 0.316. The van der Waals surface area contributed by atoms with E-state index in [0.717, 1.165) is 37.4 Å². The number of aromatic nitrogens is 4. The minimum absolute atomic E-state index is 0.296. The van der Waals surface area contributed by atoms with Crippen LogP contribution in [0, 0.1) is 12.7 Å². The molecule has 0 atom stereocenters. The second kappa shape index (κ2) is 6.63. The van der Waals surface area contributed by atoms with E-state index < -0.39 is 0 Å². The number of rotatable bonds is 3. The fourth-order valence-electron chi connectivity index (χ4n) is 3.42. The summed E-state index contributed by atoms with van der Waals surface area (Å²) in [4.78, 5) is 11.3. The number of nitrogens with one attached hydrogen (secondary N) is 1. The first-order valence-electron chi connectivity index (χ1n) is 8.56. The second-order valence-corrected chi connectivity index (χ2v) is 6.39. The third-order valence-corrected chi connectivity index (χ3v) is 4.82. The van der Waals surface area contributed by atoms with Gasteiger partial charge in [-0.25, -0.2) is 9.37 Å². The topological polar surface area (TPSA) is 57.7 Å². The molecule has 1 fully saturated rings. The summed E-state index contributed by atoms with van der Waals surface area (Å²) in [6.07, 6.45) is 3.80. The van der Waals surface area contributed by atoms with Crippen molar-refractivity contribution in [2.24, 2.45) is 0 Å². The molecule has 0 aliphatic carbocycles. The Hall–Kier alpha value is -2.76. The van der Waals surface area contributed by atoms with E-state index in [2.05, 4.69) is 31.1 Å². The van der Waals surface area contributed by atoms with Crippen molar-refractivity contribution in [3.05, 3.63) is 59.9 Å². The van der Waals surface area contributed by atoms with E-state index in [-0.39, 0.29) is 5.82 Å². The summed E-state index contributed by atoms with van der Waals surface area (Å²) in [7, 11) is 0. The van der Waals surface area contributed by atoms with Crippen LogP contribution < -0.4 is 4.90 Å². The first-order chi connectivity index (χ1) is 12.2. The Morgan fingerprint density at radius 3 is 2.68 bits per heavy atom. The van der Waals surface area contributed by atoms with Crippen LogP contribution in [0.15, 0.2) is 42.6 Å². The van der Waals surface area contributed by atoms with Gasteiger partial charge in [-0.2, -0.15) is 5.10 Å². The number of hydrogen-bond donors (Lipinski definition) is 1. The van der Waals surface area contributed by atoms with Crippen molar-refractivity contribution in [3.8, 4) is 11.4 Å². The van der Waals surface area contributed by atoms with Crippen LogP contribution in [0.25, 0.3) is 11.4 Å². The van der Waals surface area contributed by atoms with Crippen molar-refractivity contribution in [2.45, 2.75) is 25.7 Å². The highest BCUT2D eigenvalue weighted by atomic mass is 19.1. The zero-order valence-electron chi connectivity index (χ0n) is 14.1. The molecule has 2 aromatic heterocycles. The van der Waals surface area contributed by atoms with Gasteiger partial charge >= 0.3 is 0 Å². The molecule has 3 aromatic rings. The summed E-state index contributed by atoms with van der Waals surface area (Å²) in [6, 6.07) is 10.7. The number of halogens is 1. The largest absolute Gasteiger partial charge is 0.370 e. The molecule has 128 valence electrons. The molecular formula is C19H20FN5. The van der Waals surface area contributed by atoms with Gasteiger partial charge in [0.2, 0.25) is 0 Å². The molecule has 3 heterocycles. The number of pyridine rings is 1. The Kier molecular flexibility index (Phi) is 4.17. The first-order valence-corrected chi connectivity index (χ1v) is 8.56. The number of benzene rings is 1. The summed E-state index contributed by atoms with van der Waals surface area (Å²) in [6.45, 7) is 3.94. The van der Waals surface area contributed by atoms with Crippen LogP contribution in [0.3, 0.4) is 0 Å². The van der Waals surface area contributed by atoms with Crippen LogP contribution in [0.1, 0.15) is 30.3 Å². The molecule has 4 rings (SSSR count). The smallest absolute Gasteiger partial charge is 0.184 e. The Morgan fingerprint density at radius 1 is 1.12 bits per heavy atom.